The third-order valence-corrected chi connectivity index (χ3v) is 18.5. The molecule has 0 bridgehead atoms. The quantitative estimate of drug-likeness (QED) is 0.121. The van der Waals surface area contributed by atoms with E-state index >= 15 is 0 Å². The summed E-state index contributed by atoms with van der Waals surface area (Å²) in [7, 11) is 0. The molecule has 0 fully saturated rings. The number of benzene rings is 5. The zero-order valence-corrected chi connectivity index (χ0v) is 55.0. The first-order valence-corrected chi connectivity index (χ1v) is 33.7. The van der Waals surface area contributed by atoms with Gasteiger partial charge in [-0.1, -0.05) is 156 Å². The molecule has 22 heteroatoms. The zero-order valence-electron chi connectivity index (χ0n) is 46.4. The Morgan fingerprint density at radius 1 is 0.311 bits per heavy atom. The standard InChI is InChI=1S/2C18H11ClN2S.C12H8ClN3.2C7H4ClNS.C6H3ClN2S/c19-18-20-16(15-9-10-22-17(15)21-18)14-8-4-7-13(11-14)12-5-2-1-3-6-12;19-18-20-16(15-10-11-22-17(15)21-18)14-8-6-13(7-9-14)12-4-2-1-3-5-12;13-12-14-8-11-10(15-12)6-7-16(11)9-4-2-1-3-5-9;8-7-3-6-5(4-9-7)1-2-10-6;8-6-2-1-5-3-4-10-7(5)9-6;7-5-3-8-4-1-2-10-6(4)9-5/h2*1-11H;1-8H;2*1-4H;1-3H. The second-order valence-electron chi connectivity index (χ2n) is 19.0. The molecule has 12 aromatic heterocycles. The first-order chi connectivity index (χ1) is 44.0. The van der Waals surface area contributed by atoms with Crippen LogP contribution < -0.4 is 0 Å². The molecular weight excluding hydrogens is 1340 g/mol. The van der Waals surface area contributed by atoms with Crippen LogP contribution in [0, 0.1) is 0 Å². The molecule has 90 heavy (non-hydrogen) atoms. The molecule has 11 nitrogen and oxygen atoms in total. The summed E-state index contributed by atoms with van der Waals surface area (Å²) in [6.45, 7) is 0. The summed E-state index contributed by atoms with van der Waals surface area (Å²) >= 11 is 42.8. The maximum Gasteiger partial charge on any atom is 0.224 e. The van der Waals surface area contributed by atoms with Crippen LogP contribution in [0.5, 0.6) is 0 Å². The third kappa shape index (κ3) is 15.5. The highest BCUT2D eigenvalue weighted by Crippen LogP contribution is 2.35. The van der Waals surface area contributed by atoms with E-state index in [9.17, 15) is 0 Å². The van der Waals surface area contributed by atoms with Crippen LogP contribution in [0.15, 0.2) is 246 Å². The first-order valence-electron chi connectivity index (χ1n) is 27.1. The van der Waals surface area contributed by atoms with Gasteiger partial charge in [0.05, 0.1) is 40.3 Å². The Morgan fingerprint density at radius 2 is 0.867 bits per heavy atom. The molecule has 0 radical (unpaired) electrons. The van der Waals surface area contributed by atoms with Gasteiger partial charge >= 0.3 is 0 Å². The molecule has 0 N–H and O–H groups in total. The molecule has 0 unspecified atom stereocenters. The van der Waals surface area contributed by atoms with Crippen molar-refractivity contribution in [2.75, 3.05) is 0 Å². The van der Waals surface area contributed by atoms with Crippen LogP contribution in [0.25, 0.3) is 113 Å². The number of nitrogens with zero attached hydrogens (tertiary/aromatic N) is 11. The number of hydrogen-bond acceptors (Lipinski definition) is 15. The van der Waals surface area contributed by atoms with E-state index in [2.05, 4.69) is 117 Å². The summed E-state index contributed by atoms with van der Waals surface area (Å²) in [6, 6.07) is 65.1. The van der Waals surface area contributed by atoms with Crippen LogP contribution in [0.1, 0.15) is 0 Å². The van der Waals surface area contributed by atoms with Gasteiger partial charge in [-0.15, -0.1) is 56.7 Å². The third-order valence-electron chi connectivity index (χ3n) is 13.3. The van der Waals surface area contributed by atoms with Crippen molar-refractivity contribution in [2.24, 2.45) is 0 Å². The van der Waals surface area contributed by atoms with E-state index < -0.39 is 0 Å². The summed E-state index contributed by atoms with van der Waals surface area (Å²) in [5.74, 6) is 0. The minimum atomic E-state index is 0.276. The molecule has 440 valence electrons. The Morgan fingerprint density at radius 3 is 1.58 bits per heavy atom. The zero-order chi connectivity index (χ0) is 61.8. The number of hydrogen-bond donors (Lipinski definition) is 0. The van der Waals surface area contributed by atoms with Crippen molar-refractivity contribution in [3.05, 3.63) is 277 Å². The molecule has 0 saturated heterocycles. The summed E-state index contributed by atoms with van der Waals surface area (Å²) in [5, 5.41) is 16.9. The van der Waals surface area contributed by atoms with Gasteiger partial charge in [-0.05, 0) is 157 Å². The number of pyridine rings is 2. The van der Waals surface area contributed by atoms with Crippen LogP contribution in [-0.2, 0) is 0 Å². The Bertz CT molecular complexity index is 5030. The van der Waals surface area contributed by atoms with Crippen LogP contribution in [0.4, 0.5) is 0 Å². The summed E-state index contributed by atoms with van der Waals surface area (Å²) < 4.78 is 3.23. The second kappa shape index (κ2) is 29.6. The van der Waals surface area contributed by atoms with Gasteiger partial charge in [-0.2, -0.15) is 0 Å². The Labute approximate surface area is 565 Å². The normalized spacial score (nSPS) is 10.8. The highest BCUT2D eigenvalue weighted by molar-refractivity contribution is 7.18. The fourth-order valence-electron chi connectivity index (χ4n) is 9.12. The fourth-order valence-corrected chi connectivity index (χ4v) is 14.1. The van der Waals surface area contributed by atoms with Crippen molar-refractivity contribution < 1.29 is 0 Å². The number of aromatic nitrogens is 11. The number of fused-ring (bicyclic) bond motifs is 6. The van der Waals surface area contributed by atoms with Gasteiger partial charge < -0.3 is 4.57 Å². The molecule has 0 spiro atoms. The van der Waals surface area contributed by atoms with Gasteiger partial charge in [-0.25, -0.2) is 44.9 Å². The lowest BCUT2D eigenvalue weighted by molar-refractivity contribution is 1.11. The van der Waals surface area contributed by atoms with Crippen LogP contribution >= 0.6 is 126 Å². The maximum atomic E-state index is 6.07. The van der Waals surface area contributed by atoms with Crippen molar-refractivity contribution in [1.82, 2.24) is 54.4 Å². The van der Waals surface area contributed by atoms with Crippen molar-refractivity contribution in [3.63, 3.8) is 0 Å². The molecule has 0 atom stereocenters. The molecule has 0 aliphatic heterocycles. The lowest BCUT2D eigenvalue weighted by atomic mass is 10.0. The van der Waals surface area contributed by atoms with Gasteiger partial charge in [-0.3, -0.25) is 4.98 Å². The Hall–Kier alpha value is -8.20. The monoisotopic (exact) mass is 1380 g/mol. The molecule has 17 rings (SSSR count). The summed E-state index contributed by atoms with van der Waals surface area (Å²) in [5.41, 5.74) is 12.4. The van der Waals surface area contributed by atoms with Crippen LogP contribution in [0.2, 0.25) is 31.3 Å². The molecule has 0 aliphatic carbocycles. The topological polar surface area (TPSA) is 134 Å². The highest BCUT2D eigenvalue weighted by atomic mass is 35.5. The average Bonchev–Trinajstić information content (AvgIpc) is 1.72. The number of rotatable bonds is 5. The minimum Gasteiger partial charge on any atom is -0.314 e. The van der Waals surface area contributed by atoms with Crippen molar-refractivity contribution >= 4 is 188 Å². The van der Waals surface area contributed by atoms with E-state index in [4.69, 9.17) is 69.6 Å². The molecule has 0 saturated carbocycles. The largest absolute Gasteiger partial charge is 0.314 e. The molecule has 0 amide bonds. The van der Waals surface area contributed by atoms with Crippen LogP contribution in [-0.4, -0.2) is 54.4 Å². The van der Waals surface area contributed by atoms with Crippen molar-refractivity contribution in [3.8, 4) is 50.5 Å². The lowest BCUT2D eigenvalue weighted by Gasteiger charge is -2.07. The smallest absolute Gasteiger partial charge is 0.224 e. The molecule has 5 aromatic carbocycles. The summed E-state index contributed by atoms with van der Waals surface area (Å²) in [4.78, 5) is 45.5. The Balaban J connectivity index is 0.000000108. The van der Waals surface area contributed by atoms with Gasteiger partial charge in [0, 0.05) is 55.5 Å². The lowest BCUT2D eigenvalue weighted by Crippen LogP contribution is -1.92. The molecule has 0 aliphatic rings. The van der Waals surface area contributed by atoms with E-state index in [1.807, 2.05) is 159 Å². The van der Waals surface area contributed by atoms with E-state index in [1.54, 1.807) is 81.3 Å². The van der Waals surface area contributed by atoms with E-state index in [0.717, 1.165) is 91.2 Å². The Kier molecular flexibility index (Phi) is 20.4. The van der Waals surface area contributed by atoms with E-state index in [1.165, 1.54) is 21.4 Å². The van der Waals surface area contributed by atoms with Crippen molar-refractivity contribution in [1.29, 1.82) is 0 Å². The predicted octanol–water partition coefficient (Wildman–Crippen LogP) is 22.7. The predicted molar refractivity (Wildman–Crippen MR) is 382 cm³/mol. The van der Waals surface area contributed by atoms with E-state index in [-0.39, 0.29) is 15.9 Å². The average molecular weight is 1390 g/mol. The first kappa shape index (κ1) is 62.0. The van der Waals surface area contributed by atoms with Crippen LogP contribution in [0.3, 0.4) is 0 Å². The minimum absolute atomic E-state index is 0.276. The maximum absolute atomic E-state index is 6.07. The molecule has 17 aromatic rings. The van der Waals surface area contributed by atoms with Crippen molar-refractivity contribution in [2.45, 2.75) is 0 Å². The number of para-hydroxylation sites is 1. The van der Waals surface area contributed by atoms with E-state index in [0.29, 0.717) is 15.5 Å². The number of thiophene rings is 5. The number of halogens is 6. The second-order valence-corrected chi connectivity index (χ2v) is 25.7. The van der Waals surface area contributed by atoms with Gasteiger partial charge in [0.2, 0.25) is 15.9 Å². The van der Waals surface area contributed by atoms with Gasteiger partial charge in [0.15, 0.2) is 0 Å². The SMILES string of the molecule is Clc1cc2sccc2cn1.Clc1ccc2ccsc2n1.Clc1cnc2ccsc2n1.Clc1nc(-c2ccc(-c3ccccc3)cc2)c2ccsc2n1.Clc1nc(-c2cccc(-c3ccccc3)c2)c2ccsc2n1.Clc1ncc2c(ccn2-c2ccccc2)n1. The molecule has 12 heterocycles. The van der Waals surface area contributed by atoms with Gasteiger partial charge in [0.1, 0.15) is 34.8 Å². The van der Waals surface area contributed by atoms with Gasteiger partial charge in [0.25, 0.3) is 0 Å². The summed E-state index contributed by atoms with van der Waals surface area (Å²) in [6.07, 6.45) is 7.04. The molecular formula is C68H41Cl6N11S5. The highest BCUT2D eigenvalue weighted by Gasteiger charge is 2.13. The fraction of sp³-hybridized carbons (Fsp3) is 0.